The van der Waals surface area contributed by atoms with Crippen molar-refractivity contribution in [2.45, 2.75) is 32.1 Å². The maximum atomic E-state index is 12.8. The quantitative estimate of drug-likeness (QED) is 0.0490. The third-order valence-electron chi connectivity index (χ3n) is 7.54. The molecule has 0 unspecified atom stereocenters. The van der Waals surface area contributed by atoms with Gasteiger partial charge in [0, 0.05) is 48.7 Å². The molecule has 0 aliphatic rings. The fraction of sp³-hybridized carbons (Fsp3) is 0.485. The number of carboxylic acid groups (broad SMARTS) is 3. The fourth-order valence-electron chi connectivity index (χ4n) is 4.86. The third-order valence-corrected chi connectivity index (χ3v) is 9.82. The van der Waals surface area contributed by atoms with Gasteiger partial charge in [0.05, 0.1) is 26.2 Å². The molecular formula is C33H45N11O11S3. The Balaban J connectivity index is 1.34. The number of amides is 5. The van der Waals surface area contributed by atoms with Crippen LogP contribution in [0.3, 0.4) is 0 Å². The summed E-state index contributed by atoms with van der Waals surface area (Å²) in [7, 11) is 3.88. The van der Waals surface area contributed by atoms with Gasteiger partial charge < -0.3 is 36.2 Å². The van der Waals surface area contributed by atoms with Crippen LogP contribution in [0, 0.1) is 0 Å². The second-order valence-corrected chi connectivity index (χ2v) is 15.3. The van der Waals surface area contributed by atoms with Gasteiger partial charge in [-0.2, -0.15) is 0 Å². The van der Waals surface area contributed by atoms with Crippen molar-refractivity contribution in [1.82, 2.24) is 40.3 Å². The molecule has 22 nitrogen and oxygen atoms in total. The minimum atomic E-state index is -1.24. The Bertz CT molecular complexity index is 1880. The lowest BCUT2D eigenvalue weighted by molar-refractivity contribution is -0.143. The van der Waals surface area contributed by atoms with Crippen LogP contribution >= 0.6 is 34.0 Å². The summed E-state index contributed by atoms with van der Waals surface area (Å²) in [5.74, 6) is -6.04. The SMILES string of the molecule is CN(C)CCCNC(=O)c1csc(NC(=O)c2csc(NC(=O)c3csc(NC(=O)CCCCCNC(=O)CN(CCN(CC(=O)O)CC(=O)O)CC(=O)O)n3)n2)n1. The molecule has 316 valence electrons. The predicted octanol–water partition coefficient (Wildman–Crippen LogP) is 0.715. The van der Waals surface area contributed by atoms with Gasteiger partial charge in [0.1, 0.15) is 17.1 Å². The number of carbonyl (C=O) groups excluding carboxylic acids is 5. The molecule has 0 atom stereocenters. The molecule has 0 radical (unpaired) electrons. The van der Waals surface area contributed by atoms with Gasteiger partial charge in [-0.25, -0.2) is 15.0 Å². The molecular weight excluding hydrogens is 823 g/mol. The standard InChI is InChI=1S/C33H45N11O11S3/c1-42(2)10-6-9-35-28(53)20-17-57-32(36-20)40-30(55)22-19-58-33(38-22)41-29(54)21-18-56-31(37-21)39-23(45)7-4-3-5-8-34-24(46)13-43(14-25(47)48)11-12-44(15-26(49)50)16-27(51)52/h17-19H,3-16H2,1-2H3,(H,34,46)(H,35,53)(H,47,48)(H,49,50)(H,51,52)(H,36,40,55)(H,37,39,45)(H,38,41,54). The molecule has 5 amide bonds. The minimum absolute atomic E-state index is 0.0207. The van der Waals surface area contributed by atoms with Gasteiger partial charge in [0.2, 0.25) is 11.8 Å². The molecule has 25 heteroatoms. The Morgan fingerprint density at radius 3 is 1.47 bits per heavy atom. The number of unbranched alkanes of at least 4 members (excludes halogenated alkanes) is 2. The topological polar surface area (TPSA) is 306 Å². The van der Waals surface area contributed by atoms with Gasteiger partial charge in [-0.3, -0.25) is 58.8 Å². The number of carboxylic acids is 3. The lowest BCUT2D eigenvalue weighted by Gasteiger charge is -2.24. The fourth-order valence-corrected chi connectivity index (χ4v) is 6.94. The van der Waals surface area contributed by atoms with E-state index in [0.717, 1.165) is 51.9 Å². The second kappa shape index (κ2) is 24.3. The number of rotatable bonds is 27. The lowest BCUT2D eigenvalue weighted by atomic mass is 10.2. The van der Waals surface area contributed by atoms with Crippen LogP contribution in [-0.2, 0) is 24.0 Å². The van der Waals surface area contributed by atoms with E-state index < -0.39 is 55.3 Å². The highest BCUT2D eigenvalue weighted by molar-refractivity contribution is 7.15. The third kappa shape index (κ3) is 18.2. The Kier molecular flexibility index (Phi) is 19.7. The molecule has 0 saturated heterocycles. The van der Waals surface area contributed by atoms with Crippen LogP contribution in [0.2, 0.25) is 0 Å². The van der Waals surface area contributed by atoms with E-state index in [4.69, 9.17) is 10.2 Å². The van der Waals surface area contributed by atoms with E-state index in [-0.39, 0.29) is 76.9 Å². The molecule has 0 aromatic carbocycles. The first-order valence-corrected chi connectivity index (χ1v) is 20.3. The molecule has 0 aliphatic carbocycles. The number of hydrogen-bond acceptors (Lipinski definition) is 17. The van der Waals surface area contributed by atoms with Crippen molar-refractivity contribution in [3.63, 3.8) is 0 Å². The van der Waals surface area contributed by atoms with Crippen molar-refractivity contribution in [3.8, 4) is 0 Å². The summed E-state index contributed by atoms with van der Waals surface area (Å²) in [6.45, 7) is -0.479. The number of nitrogens with zero attached hydrogens (tertiary/aromatic N) is 6. The summed E-state index contributed by atoms with van der Waals surface area (Å²) >= 11 is 3.14. The van der Waals surface area contributed by atoms with Crippen LogP contribution in [0.15, 0.2) is 16.1 Å². The zero-order valence-corrected chi connectivity index (χ0v) is 34.1. The largest absolute Gasteiger partial charge is 0.480 e. The van der Waals surface area contributed by atoms with Gasteiger partial charge in [0.15, 0.2) is 15.4 Å². The zero-order valence-electron chi connectivity index (χ0n) is 31.6. The Morgan fingerprint density at radius 2 is 0.983 bits per heavy atom. The van der Waals surface area contributed by atoms with Crippen molar-refractivity contribution in [2.24, 2.45) is 0 Å². The van der Waals surface area contributed by atoms with Gasteiger partial charge in [-0.15, -0.1) is 34.0 Å². The predicted molar refractivity (Wildman–Crippen MR) is 214 cm³/mol. The van der Waals surface area contributed by atoms with E-state index in [1.54, 1.807) is 0 Å². The van der Waals surface area contributed by atoms with Gasteiger partial charge >= 0.3 is 17.9 Å². The Labute approximate surface area is 344 Å². The maximum Gasteiger partial charge on any atom is 0.317 e. The highest BCUT2D eigenvalue weighted by Gasteiger charge is 2.20. The van der Waals surface area contributed by atoms with E-state index in [1.807, 2.05) is 19.0 Å². The summed E-state index contributed by atoms with van der Waals surface area (Å²) in [5.41, 5.74) is 0.223. The molecule has 0 fully saturated rings. The van der Waals surface area contributed by atoms with Gasteiger partial charge in [-0.05, 0) is 39.9 Å². The monoisotopic (exact) mass is 867 g/mol. The molecule has 3 heterocycles. The maximum absolute atomic E-state index is 12.8. The van der Waals surface area contributed by atoms with Crippen molar-refractivity contribution < 1.29 is 53.7 Å². The number of nitrogens with one attached hydrogen (secondary N) is 5. The van der Waals surface area contributed by atoms with E-state index in [1.165, 1.54) is 21.0 Å². The first kappa shape index (κ1) is 46.9. The van der Waals surface area contributed by atoms with Crippen LogP contribution in [0.5, 0.6) is 0 Å². The second-order valence-electron chi connectivity index (χ2n) is 12.7. The van der Waals surface area contributed by atoms with E-state index >= 15 is 0 Å². The number of aliphatic carboxylic acids is 3. The molecule has 0 bridgehead atoms. The smallest absolute Gasteiger partial charge is 0.317 e. The molecule has 58 heavy (non-hydrogen) atoms. The average molecular weight is 868 g/mol. The van der Waals surface area contributed by atoms with Crippen LogP contribution in [0.25, 0.3) is 0 Å². The minimum Gasteiger partial charge on any atom is -0.480 e. The molecule has 3 aromatic rings. The molecule has 0 saturated carbocycles. The zero-order chi connectivity index (χ0) is 42.6. The first-order chi connectivity index (χ1) is 27.6. The van der Waals surface area contributed by atoms with Gasteiger partial charge in [-0.1, -0.05) is 6.42 Å². The van der Waals surface area contributed by atoms with Crippen molar-refractivity contribution in [3.05, 3.63) is 33.2 Å². The number of thiazole rings is 3. The van der Waals surface area contributed by atoms with E-state index in [0.29, 0.717) is 25.8 Å². The molecule has 3 rings (SSSR count). The lowest BCUT2D eigenvalue weighted by Crippen LogP contribution is -2.45. The van der Waals surface area contributed by atoms with E-state index in [2.05, 4.69) is 41.5 Å². The highest BCUT2D eigenvalue weighted by Crippen LogP contribution is 2.21. The molecule has 0 aliphatic heterocycles. The Hall–Kier alpha value is -5.47. The van der Waals surface area contributed by atoms with Crippen LogP contribution in [0.4, 0.5) is 15.4 Å². The van der Waals surface area contributed by atoms with Crippen molar-refractivity contribution in [2.75, 3.05) is 88.9 Å². The number of carbonyl (C=O) groups is 8. The Morgan fingerprint density at radius 1 is 0.534 bits per heavy atom. The number of aromatic nitrogens is 3. The summed E-state index contributed by atoms with van der Waals surface area (Å²) in [4.78, 5) is 113. The summed E-state index contributed by atoms with van der Waals surface area (Å²) in [5, 5.41) is 45.4. The van der Waals surface area contributed by atoms with E-state index in [9.17, 15) is 43.5 Å². The van der Waals surface area contributed by atoms with Crippen LogP contribution in [0.1, 0.15) is 63.6 Å². The normalized spacial score (nSPS) is 11.1. The van der Waals surface area contributed by atoms with Crippen molar-refractivity contribution in [1.29, 1.82) is 0 Å². The summed E-state index contributed by atoms with van der Waals surface area (Å²) < 4.78 is 0. The molecule has 0 spiro atoms. The molecule has 8 N–H and O–H groups in total. The highest BCUT2D eigenvalue weighted by atomic mass is 32.1. The molecule has 3 aromatic heterocycles. The summed E-state index contributed by atoms with van der Waals surface area (Å²) in [6, 6.07) is 0. The number of anilines is 3. The summed E-state index contributed by atoms with van der Waals surface area (Å²) in [6.07, 6.45) is 2.49. The first-order valence-electron chi connectivity index (χ1n) is 17.7. The van der Waals surface area contributed by atoms with Crippen LogP contribution < -0.4 is 26.6 Å². The van der Waals surface area contributed by atoms with Gasteiger partial charge in [0.25, 0.3) is 17.7 Å². The average Bonchev–Trinajstić information content (AvgIpc) is 3.92. The van der Waals surface area contributed by atoms with Crippen molar-refractivity contribution >= 4 is 96.8 Å². The number of hydrogen-bond donors (Lipinski definition) is 8. The van der Waals surface area contributed by atoms with Crippen LogP contribution in [-0.4, -0.2) is 165 Å².